The molecule has 3 aromatic rings. The molecule has 2 aromatic carbocycles. The summed E-state index contributed by atoms with van der Waals surface area (Å²) in [5.41, 5.74) is 0.808. The zero-order chi connectivity index (χ0) is 14.2. The first kappa shape index (κ1) is 12.7. The smallest absolute Gasteiger partial charge is 0.231 e. The Bertz CT molecular complexity index is 696. The lowest BCUT2D eigenvalue weighted by atomic mass is 9.96. The van der Waals surface area contributed by atoms with Crippen LogP contribution >= 0.6 is 0 Å². The van der Waals surface area contributed by atoms with Crippen LogP contribution in [0.25, 0.3) is 11.1 Å². The van der Waals surface area contributed by atoms with Crippen molar-refractivity contribution in [2.24, 2.45) is 0 Å². The molecule has 0 spiro atoms. The van der Waals surface area contributed by atoms with Crippen molar-refractivity contribution in [1.82, 2.24) is 4.98 Å². The van der Waals surface area contributed by atoms with E-state index in [4.69, 9.17) is 9.15 Å². The molecule has 1 atom stereocenters. The largest absolute Gasteiger partial charge is 0.497 e. The average molecular weight is 269 g/mol. The molecule has 4 heteroatoms. The summed E-state index contributed by atoms with van der Waals surface area (Å²) in [7, 11) is 1.61. The highest BCUT2D eigenvalue weighted by Crippen LogP contribution is 2.31. The minimum absolute atomic E-state index is 0.281. The highest BCUT2D eigenvalue weighted by molar-refractivity contribution is 5.72. The van der Waals surface area contributed by atoms with E-state index in [0.29, 0.717) is 11.1 Å². The molecule has 0 aliphatic carbocycles. The van der Waals surface area contributed by atoms with Crippen molar-refractivity contribution in [3.8, 4) is 5.75 Å². The van der Waals surface area contributed by atoms with Crippen molar-refractivity contribution in [2.45, 2.75) is 12.5 Å². The number of methoxy groups -OCH3 is 1. The van der Waals surface area contributed by atoms with Gasteiger partial charge in [-0.25, -0.2) is 4.98 Å². The van der Waals surface area contributed by atoms with Crippen molar-refractivity contribution in [2.75, 3.05) is 7.11 Å². The van der Waals surface area contributed by atoms with Gasteiger partial charge in [0, 0.05) is 0 Å². The standard InChI is InChI=1S/C16H15NO3/c1-16(18,11-7-9-12(19-2)10-8-11)15-17-13-5-3-4-6-14(13)20-15/h3-10,18H,1-2H3/t16-/m1/s1. The topological polar surface area (TPSA) is 55.5 Å². The number of nitrogens with zero attached hydrogens (tertiary/aromatic N) is 1. The Morgan fingerprint density at radius 2 is 1.80 bits per heavy atom. The number of hydrogen-bond donors (Lipinski definition) is 1. The minimum atomic E-state index is -1.29. The first-order valence-corrected chi connectivity index (χ1v) is 6.34. The van der Waals surface area contributed by atoms with Gasteiger partial charge < -0.3 is 14.3 Å². The molecular formula is C16H15NO3. The molecule has 0 radical (unpaired) electrons. The molecule has 1 aromatic heterocycles. The lowest BCUT2D eigenvalue weighted by molar-refractivity contribution is 0.0726. The van der Waals surface area contributed by atoms with Gasteiger partial charge in [0.25, 0.3) is 0 Å². The average Bonchev–Trinajstić information content (AvgIpc) is 2.92. The van der Waals surface area contributed by atoms with Gasteiger partial charge in [-0.05, 0) is 36.8 Å². The second-order valence-electron chi connectivity index (χ2n) is 4.79. The fraction of sp³-hybridized carbons (Fsp3) is 0.188. The lowest BCUT2D eigenvalue weighted by Gasteiger charge is -2.20. The molecular weight excluding hydrogens is 254 g/mol. The number of aromatic nitrogens is 1. The minimum Gasteiger partial charge on any atom is -0.497 e. The molecule has 1 heterocycles. The van der Waals surface area contributed by atoms with E-state index in [2.05, 4.69) is 4.98 Å². The third kappa shape index (κ3) is 2.04. The van der Waals surface area contributed by atoms with Crippen molar-refractivity contribution in [3.63, 3.8) is 0 Å². The third-order valence-electron chi connectivity index (χ3n) is 3.36. The Kier molecular flexibility index (Phi) is 2.95. The van der Waals surface area contributed by atoms with E-state index in [9.17, 15) is 5.11 Å². The molecule has 0 saturated carbocycles. The fourth-order valence-electron chi connectivity index (χ4n) is 2.12. The normalized spacial score (nSPS) is 14.2. The monoisotopic (exact) mass is 269 g/mol. The van der Waals surface area contributed by atoms with Crippen molar-refractivity contribution >= 4 is 11.1 Å². The van der Waals surface area contributed by atoms with Crippen LogP contribution in [0.2, 0.25) is 0 Å². The number of rotatable bonds is 3. The van der Waals surface area contributed by atoms with Crippen LogP contribution in [0.1, 0.15) is 18.4 Å². The molecule has 102 valence electrons. The second kappa shape index (κ2) is 4.65. The molecule has 0 saturated heterocycles. The summed E-state index contributed by atoms with van der Waals surface area (Å²) in [6.45, 7) is 1.67. The summed E-state index contributed by atoms with van der Waals surface area (Å²) in [5.74, 6) is 1.02. The number of fused-ring (bicyclic) bond motifs is 1. The van der Waals surface area contributed by atoms with Gasteiger partial charge in [0.15, 0.2) is 11.2 Å². The van der Waals surface area contributed by atoms with Crippen molar-refractivity contribution < 1.29 is 14.3 Å². The number of para-hydroxylation sites is 2. The summed E-state index contributed by atoms with van der Waals surface area (Å²) >= 11 is 0. The van der Waals surface area contributed by atoms with E-state index in [1.54, 1.807) is 38.3 Å². The number of hydrogen-bond acceptors (Lipinski definition) is 4. The molecule has 1 N–H and O–H groups in total. The van der Waals surface area contributed by atoms with Crippen LogP contribution < -0.4 is 4.74 Å². The zero-order valence-electron chi connectivity index (χ0n) is 11.3. The van der Waals surface area contributed by atoms with Gasteiger partial charge in [0.2, 0.25) is 5.89 Å². The third-order valence-corrected chi connectivity index (χ3v) is 3.36. The van der Waals surface area contributed by atoms with Crippen LogP contribution in [0.3, 0.4) is 0 Å². The van der Waals surface area contributed by atoms with Gasteiger partial charge in [-0.15, -0.1) is 0 Å². The highest BCUT2D eigenvalue weighted by Gasteiger charge is 2.31. The quantitative estimate of drug-likeness (QED) is 0.793. The number of benzene rings is 2. The van der Waals surface area contributed by atoms with E-state index < -0.39 is 5.60 Å². The molecule has 3 rings (SSSR count). The van der Waals surface area contributed by atoms with E-state index in [1.165, 1.54) is 0 Å². The van der Waals surface area contributed by atoms with Gasteiger partial charge in [-0.1, -0.05) is 24.3 Å². The Balaban J connectivity index is 2.04. The maximum absolute atomic E-state index is 10.7. The predicted molar refractivity (Wildman–Crippen MR) is 75.7 cm³/mol. The first-order chi connectivity index (χ1) is 9.61. The summed E-state index contributed by atoms with van der Waals surface area (Å²) in [6, 6.07) is 14.6. The number of oxazole rings is 1. The van der Waals surface area contributed by atoms with Crippen LogP contribution in [0.4, 0.5) is 0 Å². The Labute approximate surface area is 116 Å². The molecule has 0 bridgehead atoms. The highest BCUT2D eigenvalue weighted by atomic mass is 16.5. The molecule has 0 aliphatic rings. The SMILES string of the molecule is COc1ccc([C@@](C)(O)c2nc3ccccc3o2)cc1. The summed E-state index contributed by atoms with van der Waals surface area (Å²) in [5, 5.41) is 10.7. The molecule has 20 heavy (non-hydrogen) atoms. The molecule has 0 aliphatic heterocycles. The van der Waals surface area contributed by atoms with Gasteiger partial charge in [0.1, 0.15) is 11.3 Å². The van der Waals surface area contributed by atoms with Gasteiger partial charge in [-0.3, -0.25) is 0 Å². The van der Waals surface area contributed by atoms with E-state index in [1.807, 2.05) is 24.3 Å². The molecule has 0 fully saturated rings. The number of aliphatic hydroxyl groups is 1. The van der Waals surface area contributed by atoms with Crippen LogP contribution in [-0.4, -0.2) is 17.2 Å². The van der Waals surface area contributed by atoms with Crippen LogP contribution in [-0.2, 0) is 5.60 Å². The molecule has 0 amide bonds. The van der Waals surface area contributed by atoms with Gasteiger partial charge >= 0.3 is 0 Å². The fourth-order valence-corrected chi connectivity index (χ4v) is 2.12. The van der Waals surface area contributed by atoms with Crippen molar-refractivity contribution in [1.29, 1.82) is 0 Å². The first-order valence-electron chi connectivity index (χ1n) is 6.34. The van der Waals surface area contributed by atoms with E-state index >= 15 is 0 Å². The Morgan fingerprint density at radius 1 is 1.10 bits per heavy atom. The summed E-state index contributed by atoms with van der Waals surface area (Å²) in [4.78, 5) is 4.36. The zero-order valence-corrected chi connectivity index (χ0v) is 11.3. The Morgan fingerprint density at radius 3 is 2.45 bits per heavy atom. The predicted octanol–water partition coefficient (Wildman–Crippen LogP) is 3.09. The van der Waals surface area contributed by atoms with Crippen LogP contribution in [0.15, 0.2) is 52.9 Å². The number of ether oxygens (including phenoxy) is 1. The Hall–Kier alpha value is -2.33. The molecule has 4 nitrogen and oxygen atoms in total. The second-order valence-corrected chi connectivity index (χ2v) is 4.79. The summed E-state index contributed by atoms with van der Waals surface area (Å²) < 4.78 is 10.8. The maximum Gasteiger partial charge on any atom is 0.231 e. The van der Waals surface area contributed by atoms with Gasteiger partial charge in [-0.2, -0.15) is 0 Å². The maximum atomic E-state index is 10.7. The van der Waals surface area contributed by atoms with Crippen molar-refractivity contribution in [3.05, 3.63) is 60.0 Å². The van der Waals surface area contributed by atoms with Crippen LogP contribution in [0.5, 0.6) is 5.75 Å². The van der Waals surface area contributed by atoms with Crippen LogP contribution in [0, 0.1) is 0 Å². The van der Waals surface area contributed by atoms with E-state index in [-0.39, 0.29) is 5.89 Å². The van der Waals surface area contributed by atoms with E-state index in [0.717, 1.165) is 11.3 Å². The van der Waals surface area contributed by atoms with Gasteiger partial charge in [0.05, 0.1) is 7.11 Å². The lowest BCUT2D eigenvalue weighted by Crippen LogP contribution is -2.23. The summed E-state index contributed by atoms with van der Waals surface area (Å²) in [6.07, 6.45) is 0. The molecule has 0 unspecified atom stereocenters.